The highest BCUT2D eigenvalue weighted by molar-refractivity contribution is 5.75. The Kier molecular flexibility index (Phi) is 5.56. The van der Waals surface area contributed by atoms with Crippen molar-refractivity contribution < 1.29 is 9.53 Å². The molecule has 142 valence electrons. The van der Waals surface area contributed by atoms with Crippen LogP contribution in [0.25, 0.3) is 0 Å². The Balaban J connectivity index is 1.24. The van der Waals surface area contributed by atoms with Crippen LogP contribution in [0.1, 0.15) is 37.7 Å². The topological polar surface area (TPSA) is 54.5 Å². The van der Waals surface area contributed by atoms with Crippen LogP contribution in [0.3, 0.4) is 0 Å². The van der Waals surface area contributed by atoms with Gasteiger partial charge in [-0.25, -0.2) is 9.78 Å². The Labute approximate surface area is 160 Å². The monoisotopic (exact) mass is 365 g/mol. The molecule has 0 aliphatic carbocycles. The van der Waals surface area contributed by atoms with Gasteiger partial charge in [-0.05, 0) is 37.3 Å². The van der Waals surface area contributed by atoms with Crippen molar-refractivity contribution in [3.05, 3.63) is 60.3 Å². The summed E-state index contributed by atoms with van der Waals surface area (Å²) in [7, 11) is 0. The van der Waals surface area contributed by atoms with Crippen molar-refractivity contribution in [2.45, 2.75) is 56.7 Å². The van der Waals surface area contributed by atoms with Crippen molar-refractivity contribution in [3.8, 4) is 5.88 Å². The second kappa shape index (κ2) is 8.42. The molecule has 2 amide bonds. The second-order valence-corrected chi connectivity index (χ2v) is 7.49. The van der Waals surface area contributed by atoms with Crippen molar-refractivity contribution in [2.75, 3.05) is 6.54 Å². The first-order chi connectivity index (χ1) is 13.3. The average Bonchev–Trinajstić information content (AvgIpc) is 2.97. The van der Waals surface area contributed by atoms with E-state index in [0.717, 1.165) is 45.1 Å². The largest absolute Gasteiger partial charge is 0.474 e. The first-order valence-electron chi connectivity index (χ1n) is 9.97. The zero-order chi connectivity index (χ0) is 18.5. The highest BCUT2D eigenvalue weighted by atomic mass is 16.5. The van der Waals surface area contributed by atoms with Crippen molar-refractivity contribution >= 4 is 6.03 Å². The Bertz CT molecular complexity index is 724. The summed E-state index contributed by atoms with van der Waals surface area (Å²) in [5.41, 5.74) is 1.32. The fourth-order valence-electron chi connectivity index (χ4n) is 4.37. The van der Waals surface area contributed by atoms with E-state index in [4.69, 9.17) is 4.74 Å². The lowest BCUT2D eigenvalue weighted by Gasteiger charge is -2.38. The number of fused-ring (bicyclic) bond motifs is 2. The number of carbonyl (C=O) groups excluding carboxylic acids is 1. The summed E-state index contributed by atoms with van der Waals surface area (Å²) in [6, 6.07) is 16.8. The molecule has 27 heavy (non-hydrogen) atoms. The molecular formula is C22H27N3O2. The molecule has 0 radical (unpaired) electrons. The van der Waals surface area contributed by atoms with Gasteiger partial charge in [0.05, 0.1) is 0 Å². The maximum atomic E-state index is 12.7. The molecule has 5 nitrogen and oxygen atoms in total. The number of hydrogen-bond donors (Lipinski definition) is 1. The van der Waals surface area contributed by atoms with Crippen molar-refractivity contribution in [3.63, 3.8) is 0 Å². The smallest absolute Gasteiger partial charge is 0.317 e. The first kappa shape index (κ1) is 17.8. The van der Waals surface area contributed by atoms with Gasteiger partial charge in [-0.1, -0.05) is 36.4 Å². The first-order valence-corrected chi connectivity index (χ1v) is 9.97. The molecule has 5 heteroatoms. The van der Waals surface area contributed by atoms with Crippen LogP contribution in [0, 0.1) is 0 Å². The molecule has 2 aliphatic heterocycles. The molecule has 0 saturated carbocycles. The van der Waals surface area contributed by atoms with Crippen molar-refractivity contribution in [2.24, 2.45) is 0 Å². The van der Waals surface area contributed by atoms with Gasteiger partial charge >= 0.3 is 6.03 Å². The van der Waals surface area contributed by atoms with E-state index >= 15 is 0 Å². The molecule has 4 rings (SSSR count). The van der Waals surface area contributed by atoms with Crippen molar-refractivity contribution in [1.29, 1.82) is 0 Å². The van der Waals surface area contributed by atoms with E-state index in [1.807, 2.05) is 24.3 Å². The van der Waals surface area contributed by atoms with Crippen LogP contribution in [-0.2, 0) is 6.42 Å². The summed E-state index contributed by atoms with van der Waals surface area (Å²) in [5.74, 6) is 0.681. The number of rotatable bonds is 6. The summed E-state index contributed by atoms with van der Waals surface area (Å²) >= 11 is 0. The minimum absolute atomic E-state index is 0.0897. The standard InChI is InChI=1S/C22H27N3O2/c26-22(24-14-6-9-17-7-2-1-3-8-17)25-18-11-12-19(25)16-20(15-18)27-21-10-4-5-13-23-21/h1-5,7-8,10,13,18-20H,6,9,11-12,14-16H2,(H,24,26). The number of benzene rings is 1. The fourth-order valence-corrected chi connectivity index (χ4v) is 4.37. The van der Waals surface area contributed by atoms with Crippen LogP contribution < -0.4 is 10.1 Å². The van der Waals surface area contributed by atoms with Gasteiger partial charge < -0.3 is 15.0 Å². The van der Waals surface area contributed by atoms with Gasteiger partial charge in [0.1, 0.15) is 6.10 Å². The van der Waals surface area contributed by atoms with E-state index in [-0.39, 0.29) is 24.2 Å². The van der Waals surface area contributed by atoms with Crippen LogP contribution in [0.5, 0.6) is 5.88 Å². The summed E-state index contributed by atoms with van der Waals surface area (Å²) in [6.07, 6.45) is 7.79. The van der Waals surface area contributed by atoms with Crippen LogP contribution in [0.4, 0.5) is 4.79 Å². The number of piperidine rings is 1. The Morgan fingerprint density at radius 1 is 1.07 bits per heavy atom. The Hall–Kier alpha value is -2.56. The van der Waals surface area contributed by atoms with E-state index in [0.29, 0.717) is 5.88 Å². The zero-order valence-corrected chi connectivity index (χ0v) is 15.6. The third kappa shape index (κ3) is 4.41. The number of nitrogens with one attached hydrogen (secondary N) is 1. The summed E-state index contributed by atoms with van der Waals surface area (Å²) in [6.45, 7) is 0.720. The normalized spacial score (nSPS) is 23.9. The van der Waals surface area contributed by atoms with Gasteiger partial charge in [0.15, 0.2) is 0 Å². The molecule has 2 aliphatic rings. The van der Waals surface area contributed by atoms with Crippen LogP contribution >= 0.6 is 0 Å². The van der Waals surface area contributed by atoms with Gasteiger partial charge in [-0.3, -0.25) is 0 Å². The van der Waals surface area contributed by atoms with Gasteiger partial charge in [0.25, 0.3) is 0 Å². The van der Waals surface area contributed by atoms with E-state index in [9.17, 15) is 4.79 Å². The number of hydrogen-bond acceptors (Lipinski definition) is 3. The van der Waals surface area contributed by atoms with Crippen LogP contribution in [0.15, 0.2) is 54.7 Å². The average molecular weight is 365 g/mol. The second-order valence-electron chi connectivity index (χ2n) is 7.49. The van der Waals surface area contributed by atoms with Crippen LogP contribution in [-0.4, -0.2) is 40.6 Å². The van der Waals surface area contributed by atoms with Crippen LogP contribution in [0.2, 0.25) is 0 Å². The quantitative estimate of drug-likeness (QED) is 0.792. The van der Waals surface area contributed by atoms with E-state index in [2.05, 4.69) is 39.5 Å². The Morgan fingerprint density at radius 3 is 2.52 bits per heavy atom. The Morgan fingerprint density at radius 2 is 1.81 bits per heavy atom. The third-order valence-electron chi connectivity index (χ3n) is 5.61. The van der Waals surface area contributed by atoms with Gasteiger partial charge in [0, 0.05) is 43.7 Å². The number of ether oxygens (including phenoxy) is 1. The molecule has 3 heterocycles. The van der Waals surface area contributed by atoms with Crippen molar-refractivity contribution in [1.82, 2.24) is 15.2 Å². The van der Waals surface area contributed by atoms with Gasteiger partial charge in [-0.2, -0.15) is 0 Å². The number of urea groups is 1. The molecule has 2 unspecified atom stereocenters. The highest BCUT2D eigenvalue weighted by Gasteiger charge is 2.44. The molecule has 2 bridgehead atoms. The lowest BCUT2D eigenvalue weighted by molar-refractivity contribution is 0.0661. The minimum Gasteiger partial charge on any atom is -0.474 e. The molecular weight excluding hydrogens is 338 g/mol. The highest BCUT2D eigenvalue weighted by Crippen LogP contribution is 2.37. The molecule has 0 spiro atoms. The SMILES string of the molecule is O=C(NCCCc1ccccc1)N1C2CCC1CC(Oc1ccccn1)C2. The molecule has 2 aromatic rings. The van der Waals surface area contributed by atoms with E-state index in [1.54, 1.807) is 6.20 Å². The third-order valence-corrected chi connectivity index (χ3v) is 5.61. The fraction of sp³-hybridized carbons (Fsp3) is 0.455. The van der Waals surface area contributed by atoms with Gasteiger partial charge in [0.2, 0.25) is 5.88 Å². The zero-order valence-electron chi connectivity index (χ0n) is 15.6. The van der Waals surface area contributed by atoms with Gasteiger partial charge in [-0.15, -0.1) is 0 Å². The number of carbonyl (C=O) groups is 1. The number of aryl methyl sites for hydroxylation is 1. The molecule has 1 aromatic heterocycles. The number of amides is 2. The lowest BCUT2D eigenvalue weighted by atomic mass is 10.00. The summed E-state index contributed by atoms with van der Waals surface area (Å²) in [4.78, 5) is 19.0. The maximum absolute atomic E-state index is 12.7. The maximum Gasteiger partial charge on any atom is 0.317 e. The molecule has 1 aromatic carbocycles. The minimum atomic E-state index is 0.0897. The van der Waals surface area contributed by atoms with E-state index < -0.39 is 0 Å². The molecule has 2 fully saturated rings. The lowest BCUT2D eigenvalue weighted by Crippen LogP contribution is -2.53. The number of nitrogens with zero attached hydrogens (tertiary/aromatic N) is 2. The number of aromatic nitrogens is 1. The molecule has 2 saturated heterocycles. The molecule has 1 N–H and O–H groups in total. The predicted molar refractivity (Wildman–Crippen MR) is 105 cm³/mol. The summed E-state index contributed by atoms with van der Waals surface area (Å²) < 4.78 is 6.04. The van der Waals surface area contributed by atoms with E-state index in [1.165, 1.54) is 5.56 Å². The predicted octanol–water partition coefficient (Wildman–Crippen LogP) is 3.80. The molecule has 2 atom stereocenters. The number of pyridine rings is 1. The summed E-state index contributed by atoms with van der Waals surface area (Å²) in [5, 5.41) is 3.12.